The summed E-state index contributed by atoms with van der Waals surface area (Å²) in [5.74, 6) is 4.98. The van der Waals surface area contributed by atoms with Gasteiger partial charge in [-0.25, -0.2) is 0 Å². The van der Waals surface area contributed by atoms with Gasteiger partial charge in [-0.3, -0.25) is 0 Å². The molecule has 2 heteroatoms. The fraction of sp³-hybridized carbons (Fsp3) is 1.00. The normalized spacial score (nSPS) is 44.4. The minimum Gasteiger partial charge on any atom is -0.1000 e. The zero-order chi connectivity index (χ0) is 13.8. The highest BCUT2D eigenvalue weighted by atomic mass is 31.2. The maximum Gasteiger partial charge on any atom is -0.00858 e. The van der Waals surface area contributed by atoms with Crippen molar-refractivity contribution in [2.75, 3.05) is 19.2 Å². The molecule has 4 aliphatic rings. The molecule has 4 rings (SSSR count). The molecular weight excluding hydrogens is 266 g/mol. The first-order chi connectivity index (χ1) is 8.78. The third-order valence-corrected chi connectivity index (χ3v) is 14.2. The van der Waals surface area contributed by atoms with E-state index in [0.717, 1.165) is 22.9 Å². The zero-order valence-electron chi connectivity index (χ0n) is 13.6. The minimum atomic E-state index is 0.216. The lowest BCUT2D eigenvalue weighted by Crippen LogP contribution is -2.49. The van der Waals surface area contributed by atoms with Gasteiger partial charge in [0.1, 0.15) is 0 Å². The molecule has 4 bridgehead atoms. The number of hydrogen-bond donors (Lipinski definition) is 0. The average Bonchev–Trinajstić information content (AvgIpc) is 2.25. The van der Waals surface area contributed by atoms with Crippen LogP contribution in [0.15, 0.2) is 0 Å². The molecule has 2 unspecified atom stereocenters. The molecule has 0 aliphatic heterocycles. The van der Waals surface area contributed by atoms with Crippen molar-refractivity contribution < 1.29 is 0 Å². The van der Waals surface area contributed by atoms with Crippen molar-refractivity contribution in [3.05, 3.63) is 0 Å². The van der Waals surface area contributed by atoms with E-state index in [4.69, 9.17) is 0 Å². The van der Waals surface area contributed by atoms with Crippen molar-refractivity contribution in [3.8, 4) is 0 Å². The van der Waals surface area contributed by atoms with Gasteiger partial charge < -0.3 is 0 Å². The van der Waals surface area contributed by atoms with Crippen molar-refractivity contribution in [2.24, 2.45) is 17.8 Å². The Kier molecular flexibility index (Phi) is 3.85. The van der Waals surface area contributed by atoms with Crippen molar-refractivity contribution >= 4 is 15.8 Å². The fourth-order valence-corrected chi connectivity index (χ4v) is 12.4. The van der Waals surface area contributed by atoms with E-state index in [9.17, 15) is 0 Å². The van der Waals surface area contributed by atoms with E-state index in [-0.39, 0.29) is 15.8 Å². The Bertz CT molecular complexity index is 306. The van der Waals surface area contributed by atoms with Crippen LogP contribution in [0.4, 0.5) is 0 Å². The second-order valence-corrected chi connectivity index (χ2v) is 15.1. The molecule has 0 aromatic rings. The summed E-state index contributed by atoms with van der Waals surface area (Å²) in [5.41, 5.74) is 0. The summed E-state index contributed by atoms with van der Waals surface area (Å²) < 4.78 is 0. The second kappa shape index (κ2) is 4.95. The summed E-state index contributed by atoms with van der Waals surface area (Å²) in [6.07, 6.45) is 9.66. The Morgan fingerprint density at radius 2 is 1.32 bits per heavy atom. The Morgan fingerprint density at radius 1 is 0.895 bits per heavy atom. The molecule has 2 atom stereocenters. The van der Waals surface area contributed by atoms with Gasteiger partial charge in [0.05, 0.1) is 0 Å². The lowest BCUT2D eigenvalue weighted by Gasteiger charge is -2.59. The number of rotatable bonds is 3. The quantitative estimate of drug-likeness (QED) is 0.566. The van der Waals surface area contributed by atoms with Crippen LogP contribution in [0.1, 0.15) is 59.3 Å². The molecule has 0 spiro atoms. The highest BCUT2D eigenvalue weighted by Gasteiger charge is 2.53. The smallest absolute Gasteiger partial charge is 0.00858 e. The highest BCUT2D eigenvalue weighted by Crippen LogP contribution is 2.70. The molecule has 0 aromatic carbocycles. The summed E-state index contributed by atoms with van der Waals surface area (Å²) in [6, 6.07) is 0. The van der Waals surface area contributed by atoms with Crippen molar-refractivity contribution in [3.63, 3.8) is 0 Å². The first-order valence-corrected chi connectivity index (χ1v) is 12.2. The molecule has 0 nitrogen and oxygen atoms in total. The largest absolute Gasteiger partial charge is 0.1000 e. The molecule has 0 amide bonds. The highest BCUT2D eigenvalue weighted by molar-refractivity contribution is 7.75. The van der Waals surface area contributed by atoms with Gasteiger partial charge in [-0.1, -0.05) is 36.6 Å². The average molecular weight is 298 g/mol. The lowest BCUT2D eigenvalue weighted by atomic mass is 9.56. The summed E-state index contributed by atoms with van der Waals surface area (Å²) in [6.45, 7) is 12.6. The lowest BCUT2D eigenvalue weighted by molar-refractivity contribution is 0.0359. The molecule has 19 heavy (non-hydrogen) atoms. The predicted molar refractivity (Wildman–Crippen MR) is 91.2 cm³/mol. The molecule has 110 valence electrons. The molecule has 0 heterocycles. The fourth-order valence-electron chi connectivity index (χ4n) is 5.21. The van der Waals surface area contributed by atoms with Gasteiger partial charge in [0, 0.05) is 0 Å². The van der Waals surface area contributed by atoms with E-state index < -0.39 is 0 Å². The molecule has 4 aliphatic carbocycles. The van der Waals surface area contributed by atoms with E-state index in [1.54, 1.807) is 44.4 Å². The van der Waals surface area contributed by atoms with Crippen LogP contribution in [0.2, 0.25) is 0 Å². The minimum absolute atomic E-state index is 0.216. The molecular formula is C17H32P2. The van der Waals surface area contributed by atoms with Crippen molar-refractivity contribution in [1.29, 1.82) is 0 Å². The summed E-state index contributed by atoms with van der Waals surface area (Å²) in [7, 11) is 0.486. The topological polar surface area (TPSA) is 0 Å². The van der Waals surface area contributed by atoms with Crippen LogP contribution < -0.4 is 0 Å². The Balaban J connectivity index is 1.71. The Hall–Kier alpha value is 0.860. The first kappa shape index (κ1) is 14.8. The van der Waals surface area contributed by atoms with Crippen LogP contribution in [0, 0.1) is 17.8 Å². The van der Waals surface area contributed by atoms with Gasteiger partial charge in [0.2, 0.25) is 0 Å². The van der Waals surface area contributed by atoms with Gasteiger partial charge >= 0.3 is 0 Å². The molecule has 0 aromatic heterocycles. The van der Waals surface area contributed by atoms with Crippen LogP contribution >= 0.6 is 15.8 Å². The second-order valence-electron chi connectivity index (χ2n) is 8.85. The van der Waals surface area contributed by atoms with Gasteiger partial charge in [-0.2, -0.15) is 0 Å². The van der Waals surface area contributed by atoms with Crippen molar-refractivity contribution in [1.82, 2.24) is 0 Å². The summed E-state index contributed by atoms with van der Waals surface area (Å²) in [4.78, 5) is 0. The Labute approximate surface area is 123 Å². The maximum absolute atomic E-state index is 2.67. The molecule has 4 fully saturated rings. The van der Waals surface area contributed by atoms with Gasteiger partial charge in [0.25, 0.3) is 0 Å². The molecule has 0 saturated heterocycles. The molecule has 0 radical (unpaired) electrons. The third-order valence-electron chi connectivity index (χ3n) is 6.39. The van der Waals surface area contributed by atoms with E-state index in [0.29, 0.717) is 5.16 Å². The van der Waals surface area contributed by atoms with Gasteiger partial charge in [-0.15, -0.1) is 0 Å². The zero-order valence-corrected chi connectivity index (χ0v) is 15.4. The summed E-state index contributed by atoms with van der Waals surface area (Å²) >= 11 is 0. The van der Waals surface area contributed by atoms with Crippen LogP contribution in [-0.4, -0.2) is 29.5 Å². The van der Waals surface area contributed by atoms with Crippen LogP contribution in [0.5, 0.6) is 0 Å². The standard InChI is InChI=1S/C17H32P2/c1-16(2,3)18(4)12-19(5)17-9-13-6-14(10-17)8-15(7-13)11-17/h13-15H,6-12H2,1-5H3. The van der Waals surface area contributed by atoms with Crippen molar-refractivity contribution in [2.45, 2.75) is 69.6 Å². The Morgan fingerprint density at radius 3 is 1.68 bits per heavy atom. The maximum atomic E-state index is 2.67. The van der Waals surface area contributed by atoms with Gasteiger partial charge in [-0.05, 0) is 85.8 Å². The molecule has 0 N–H and O–H groups in total. The van der Waals surface area contributed by atoms with E-state index in [2.05, 4.69) is 34.1 Å². The predicted octanol–water partition coefficient (Wildman–Crippen LogP) is 5.93. The van der Waals surface area contributed by atoms with E-state index >= 15 is 0 Å². The van der Waals surface area contributed by atoms with Crippen LogP contribution in [0.3, 0.4) is 0 Å². The van der Waals surface area contributed by atoms with E-state index in [1.807, 2.05) is 0 Å². The summed E-state index contributed by atoms with van der Waals surface area (Å²) in [5, 5.41) is 1.40. The first-order valence-electron chi connectivity index (χ1n) is 8.21. The SMILES string of the molecule is CP(CP(C)C12CC3CC(CC(C3)C1)C2)C(C)(C)C. The van der Waals surface area contributed by atoms with Crippen LogP contribution in [-0.2, 0) is 0 Å². The monoisotopic (exact) mass is 298 g/mol. The van der Waals surface area contributed by atoms with E-state index in [1.165, 1.54) is 0 Å². The van der Waals surface area contributed by atoms with Gasteiger partial charge in [0.15, 0.2) is 0 Å². The molecule has 4 saturated carbocycles. The van der Waals surface area contributed by atoms with Crippen LogP contribution in [0.25, 0.3) is 0 Å². The number of hydrogen-bond acceptors (Lipinski definition) is 0. The third kappa shape index (κ3) is 2.79.